The van der Waals surface area contributed by atoms with E-state index in [1.54, 1.807) is 14.0 Å². The van der Waals surface area contributed by atoms with Crippen molar-refractivity contribution < 1.29 is 14.6 Å². The van der Waals surface area contributed by atoms with Gasteiger partial charge in [-0.05, 0) is 53.9 Å². The molecule has 4 nitrogen and oxygen atoms in total. The molecule has 20 heavy (non-hydrogen) atoms. The quantitative estimate of drug-likeness (QED) is 0.930. The molecular formula is C15H16BrNO3. The Bertz CT molecular complexity index is 692. The predicted octanol–water partition coefficient (Wildman–Crippen LogP) is 3.62. The second kappa shape index (κ2) is 4.81. The standard InChI is InChI=1S/C15H16BrNO3/c1-8(15(18)19)13-4-3-10-5-9-6-11(20-2)7-12(16)14(9)17(10)13/h5-8,13H,3-4H2,1-2H3,(H,18,19). The Kier molecular flexibility index (Phi) is 3.24. The molecule has 0 saturated heterocycles. The highest BCUT2D eigenvalue weighted by atomic mass is 79.9. The van der Waals surface area contributed by atoms with Crippen molar-refractivity contribution in [2.75, 3.05) is 7.11 Å². The summed E-state index contributed by atoms with van der Waals surface area (Å²) in [7, 11) is 1.65. The molecule has 0 radical (unpaired) electrons. The highest BCUT2D eigenvalue weighted by Crippen LogP contribution is 2.41. The van der Waals surface area contributed by atoms with Gasteiger partial charge in [0.1, 0.15) is 5.75 Å². The summed E-state index contributed by atoms with van der Waals surface area (Å²) in [6.45, 7) is 1.78. The fourth-order valence-corrected chi connectivity index (χ4v) is 3.75. The van der Waals surface area contributed by atoms with E-state index in [4.69, 9.17) is 4.74 Å². The molecule has 0 saturated carbocycles. The van der Waals surface area contributed by atoms with Crippen LogP contribution in [0.25, 0.3) is 10.9 Å². The van der Waals surface area contributed by atoms with E-state index in [-0.39, 0.29) is 12.0 Å². The summed E-state index contributed by atoms with van der Waals surface area (Å²) in [5.41, 5.74) is 2.27. The smallest absolute Gasteiger partial charge is 0.308 e. The van der Waals surface area contributed by atoms with Crippen LogP contribution in [-0.4, -0.2) is 22.8 Å². The Morgan fingerprint density at radius 3 is 2.90 bits per heavy atom. The molecule has 1 aliphatic rings. The molecule has 1 N–H and O–H groups in total. The number of hydrogen-bond donors (Lipinski definition) is 1. The van der Waals surface area contributed by atoms with Crippen LogP contribution in [0, 0.1) is 5.92 Å². The van der Waals surface area contributed by atoms with E-state index in [1.807, 2.05) is 12.1 Å². The third-order valence-electron chi connectivity index (χ3n) is 4.17. The number of carbonyl (C=O) groups is 1. The van der Waals surface area contributed by atoms with E-state index < -0.39 is 5.97 Å². The number of nitrogens with zero attached hydrogens (tertiary/aromatic N) is 1. The lowest BCUT2D eigenvalue weighted by molar-refractivity contribution is -0.142. The molecule has 2 unspecified atom stereocenters. The van der Waals surface area contributed by atoms with E-state index in [9.17, 15) is 9.90 Å². The van der Waals surface area contributed by atoms with E-state index in [1.165, 1.54) is 5.69 Å². The van der Waals surface area contributed by atoms with Crippen LogP contribution in [0.3, 0.4) is 0 Å². The first-order valence-corrected chi connectivity index (χ1v) is 7.42. The van der Waals surface area contributed by atoms with Crippen molar-refractivity contribution in [1.29, 1.82) is 0 Å². The highest BCUT2D eigenvalue weighted by Gasteiger charge is 2.32. The third-order valence-corrected chi connectivity index (χ3v) is 4.77. The molecule has 106 valence electrons. The summed E-state index contributed by atoms with van der Waals surface area (Å²) in [4.78, 5) is 11.3. The first kappa shape index (κ1) is 13.5. The minimum absolute atomic E-state index is 0.0182. The van der Waals surface area contributed by atoms with E-state index in [0.29, 0.717) is 0 Å². The number of methoxy groups -OCH3 is 1. The van der Waals surface area contributed by atoms with Crippen LogP contribution in [0.4, 0.5) is 0 Å². The molecule has 2 atom stereocenters. The fraction of sp³-hybridized carbons (Fsp3) is 0.400. The van der Waals surface area contributed by atoms with Gasteiger partial charge in [0.25, 0.3) is 0 Å². The van der Waals surface area contributed by atoms with Gasteiger partial charge in [0.05, 0.1) is 18.5 Å². The summed E-state index contributed by atoms with van der Waals surface area (Å²) in [6, 6.07) is 6.08. The van der Waals surface area contributed by atoms with Crippen LogP contribution in [0.2, 0.25) is 0 Å². The zero-order chi connectivity index (χ0) is 14.4. The van der Waals surface area contributed by atoms with Crippen molar-refractivity contribution in [3.05, 3.63) is 28.4 Å². The van der Waals surface area contributed by atoms with E-state index in [0.717, 1.165) is 34.0 Å². The van der Waals surface area contributed by atoms with Gasteiger partial charge in [-0.1, -0.05) is 0 Å². The van der Waals surface area contributed by atoms with Crippen LogP contribution >= 0.6 is 15.9 Å². The Hall–Kier alpha value is -1.49. The summed E-state index contributed by atoms with van der Waals surface area (Å²) in [5, 5.41) is 10.4. The summed E-state index contributed by atoms with van der Waals surface area (Å²) >= 11 is 3.59. The van der Waals surface area contributed by atoms with Crippen molar-refractivity contribution in [2.45, 2.75) is 25.8 Å². The molecule has 5 heteroatoms. The number of aliphatic carboxylic acids is 1. The lowest BCUT2D eigenvalue weighted by Gasteiger charge is -2.20. The van der Waals surface area contributed by atoms with Gasteiger partial charge in [0.2, 0.25) is 0 Å². The second-order valence-electron chi connectivity index (χ2n) is 5.29. The van der Waals surface area contributed by atoms with Gasteiger partial charge in [-0.2, -0.15) is 0 Å². The number of halogens is 1. The Balaban J connectivity index is 2.19. The normalized spacial score (nSPS) is 19.1. The molecule has 3 rings (SSSR count). The van der Waals surface area contributed by atoms with Crippen LogP contribution in [0.5, 0.6) is 5.75 Å². The maximum atomic E-state index is 11.3. The minimum atomic E-state index is -0.741. The lowest BCUT2D eigenvalue weighted by Crippen LogP contribution is -2.21. The lowest BCUT2D eigenvalue weighted by atomic mass is 9.99. The van der Waals surface area contributed by atoms with Crippen molar-refractivity contribution in [3.8, 4) is 5.75 Å². The van der Waals surface area contributed by atoms with Crippen LogP contribution in [-0.2, 0) is 11.2 Å². The molecule has 1 aliphatic heterocycles. The van der Waals surface area contributed by atoms with Crippen LogP contribution in [0.15, 0.2) is 22.7 Å². The summed E-state index contributed by atoms with van der Waals surface area (Å²) < 4.78 is 8.41. The number of carboxylic acid groups (broad SMARTS) is 1. The topological polar surface area (TPSA) is 51.5 Å². The Labute approximate surface area is 125 Å². The number of rotatable bonds is 3. The fourth-order valence-electron chi connectivity index (χ4n) is 3.10. The molecule has 1 aromatic heterocycles. The average molecular weight is 338 g/mol. The number of aromatic nitrogens is 1. The van der Waals surface area contributed by atoms with E-state index in [2.05, 4.69) is 26.6 Å². The summed E-state index contributed by atoms with van der Waals surface area (Å²) in [6.07, 6.45) is 1.81. The van der Waals surface area contributed by atoms with Gasteiger partial charge >= 0.3 is 5.97 Å². The highest BCUT2D eigenvalue weighted by molar-refractivity contribution is 9.10. The number of carboxylic acids is 1. The van der Waals surface area contributed by atoms with Crippen molar-refractivity contribution in [2.24, 2.45) is 5.92 Å². The van der Waals surface area contributed by atoms with Crippen LogP contribution in [0.1, 0.15) is 25.1 Å². The maximum absolute atomic E-state index is 11.3. The van der Waals surface area contributed by atoms with E-state index >= 15 is 0 Å². The van der Waals surface area contributed by atoms with Crippen molar-refractivity contribution >= 4 is 32.8 Å². The number of benzene rings is 1. The predicted molar refractivity (Wildman–Crippen MR) is 80.3 cm³/mol. The maximum Gasteiger partial charge on any atom is 0.308 e. The van der Waals surface area contributed by atoms with Gasteiger partial charge in [-0.3, -0.25) is 4.79 Å². The SMILES string of the molecule is COc1cc(Br)c2c(c1)cc1n2C(C(C)C(=O)O)CC1. The van der Waals surface area contributed by atoms with Gasteiger partial charge < -0.3 is 14.4 Å². The number of ether oxygens (including phenoxy) is 1. The first-order valence-electron chi connectivity index (χ1n) is 6.63. The van der Waals surface area contributed by atoms with Crippen molar-refractivity contribution in [1.82, 2.24) is 4.57 Å². The first-order chi connectivity index (χ1) is 9.52. The van der Waals surface area contributed by atoms with Gasteiger partial charge in [0.15, 0.2) is 0 Å². The van der Waals surface area contributed by atoms with Crippen LogP contribution < -0.4 is 4.74 Å². The van der Waals surface area contributed by atoms with Crippen molar-refractivity contribution in [3.63, 3.8) is 0 Å². The number of hydrogen-bond acceptors (Lipinski definition) is 2. The van der Waals surface area contributed by atoms with Gasteiger partial charge in [0, 0.05) is 21.6 Å². The van der Waals surface area contributed by atoms with Gasteiger partial charge in [-0.15, -0.1) is 0 Å². The second-order valence-corrected chi connectivity index (χ2v) is 6.14. The van der Waals surface area contributed by atoms with Gasteiger partial charge in [-0.25, -0.2) is 0 Å². The Morgan fingerprint density at radius 2 is 2.25 bits per heavy atom. The third kappa shape index (κ3) is 1.92. The zero-order valence-corrected chi connectivity index (χ0v) is 13.0. The molecule has 0 spiro atoms. The summed E-state index contributed by atoms with van der Waals surface area (Å²) in [5.74, 6) is -0.327. The molecule has 0 amide bonds. The molecule has 0 bridgehead atoms. The minimum Gasteiger partial charge on any atom is -0.497 e. The molecular weight excluding hydrogens is 322 g/mol. The molecule has 2 heterocycles. The number of aryl methyl sites for hydroxylation is 1. The Morgan fingerprint density at radius 1 is 1.50 bits per heavy atom. The molecule has 0 fully saturated rings. The molecule has 0 aliphatic carbocycles. The molecule has 1 aromatic carbocycles. The average Bonchev–Trinajstić information content (AvgIpc) is 2.95. The number of fused-ring (bicyclic) bond motifs is 3. The largest absolute Gasteiger partial charge is 0.497 e. The zero-order valence-electron chi connectivity index (χ0n) is 11.4. The monoisotopic (exact) mass is 337 g/mol. The molecule has 2 aromatic rings.